The van der Waals surface area contributed by atoms with Gasteiger partial charge in [-0.2, -0.15) is 0 Å². The number of anilines is 1. The van der Waals surface area contributed by atoms with E-state index in [9.17, 15) is 18.0 Å². The molecule has 1 aliphatic heterocycles. The molecular formula is C20H26N2O4S. The van der Waals surface area contributed by atoms with Gasteiger partial charge >= 0.3 is 0 Å². The summed E-state index contributed by atoms with van der Waals surface area (Å²) in [5.74, 6) is -0.526. The normalized spacial score (nSPS) is 16.9. The first-order valence-electron chi connectivity index (χ1n) is 9.44. The summed E-state index contributed by atoms with van der Waals surface area (Å²) < 4.78 is 25.1. The molecule has 27 heavy (non-hydrogen) atoms. The van der Waals surface area contributed by atoms with Crippen molar-refractivity contribution in [3.63, 3.8) is 0 Å². The summed E-state index contributed by atoms with van der Waals surface area (Å²) >= 11 is 0. The Morgan fingerprint density at radius 1 is 1.26 bits per heavy atom. The maximum atomic E-state index is 12.5. The van der Waals surface area contributed by atoms with Crippen LogP contribution in [0, 0.1) is 0 Å². The molecular weight excluding hydrogens is 364 g/mol. The quantitative estimate of drug-likeness (QED) is 0.725. The lowest BCUT2D eigenvalue weighted by Gasteiger charge is -2.13. The Balaban J connectivity index is 1.51. The van der Waals surface area contributed by atoms with Crippen molar-refractivity contribution in [3.8, 4) is 0 Å². The zero-order valence-electron chi connectivity index (χ0n) is 15.7. The number of rotatable bonds is 7. The van der Waals surface area contributed by atoms with Crippen LogP contribution in [-0.2, 0) is 25.8 Å². The average Bonchev–Trinajstić information content (AvgIpc) is 2.94. The monoisotopic (exact) mass is 390 g/mol. The van der Waals surface area contributed by atoms with Gasteiger partial charge in [-0.3, -0.25) is 9.59 Å². The number of nitrogens with one attached hydrogen (secondary N) is 1. The molecule has 0 fully saturated rings. The fourth-order valence-electron chi connectivity index (χ4n) is 3.57. The minimum Gasteiger partial charge on any atom is -0.356 e. The number of amides is 2. The summed E-state index contributed by atoms with van der Waals surface area (Å²) in [6.07, 6.45) is 7.90. The molecule has 1 aromatic carbocycles. The van der Waals surface area contributed by atoms with Crippen LogP contribution in [0.3, 0.4) is 0 Å². The number of carbonyl (C=O) groups excluding carboxylic acids is 2. The molecule has 0 aromatic heterocycles. The van der Waals surface area contributed by atoms with Gasteiger partial charge in [0.1, 0.15) is 0 Å². The van der Waals surface area contributed by atoms with Crippen LogP contribution in [-0.4, -0.2) is 39.6 Å². The number of carbonyl (C=O) groups is 2. The van der Waals surface area contributed by atoms with E-state index in [2.05, 4.69) is 11.4 Å². The second-order valence-corrected chi connectivity index (χ2v) is 9.31. The standard InChI is InChI=1S/C20H26N2O4S/c1-22-18-8-7-17(13-16(18)14-20(22)24)27(25,26)12-10-19(23)21-11-9-15-5-3-2-4-6-15/h5,7-8,13H,2-4,6,9-12,14H2,1H3,(H,21,23). The van der Waals surface area contributed by atoms with Gasteiger partial charge in [0.2, 0.25) is 11.8 Å². The minimum absolute atomic E-state index is 0.0491. The Hall–Kier alpha value is -2.15. The van der Waals surface area contributed by atoms with E-state index < -0.39 is 9.84 Å². The molecule has 0 radical (unpaired) electrons. The predicted molar refractivity (Wildman–Crippen MR) is 104 cm³/mol. The number of benzene rings is 1. The summed E-state index contributed by atoms with van der Waals surface area (Å²) in [5.41, 5.74) is 2.84. The van der Waals surface area contributed by atoms with Crippen molar-refractivity contribution in [2.45, 2.75) is 49.8 Å². The first kappa shape index (κ1) is 19.6. The molecule has 3 rings (SSSR count). The highest BCUT2D eigenvalue weighted by atomic mass is 32.2. The second kappa shape index (κ2) is 8.25. The number of hydrogen-bond donors (Lipinski definition) is 1. The first-order chi connectivity index (χ1) is 12.9. The number of fused-ring (bicyclic) bond motifs is 1. The molecule has 0 saturated carbocycles. The molecule has 1 heterocycles. The Bertz CT molecular complexity index is 874. The lowest BCUT2D eigenvalue weighted by molar-refractivity contribution is -0.120. The van der Waals surface area contributed by atoms with E-state index >= 15 is 0 Å². The van der Waals surface area contributed by atoms with E-state index in [1.165, 1.54) is 29.4 Å². The van der Waals surface area contributed by atoms with Gasteiger partial charge in [0, 0.05) is 25.7 Å². The number of hydrogen-bond acceptors (Lipinski definition) is 4. The Morgan fingerprint density at radius 2 is 2.07 bits per heavy atom. The van der Waals surface area contributed by atoms with E-state index in [1.54, 1.807) is 19.2 Å². The van der Waals surface area contributed by atoms with Crippen LogP contribution in [0.4, 0.5) is 5.69 Å². The first-order valence-corrected chi connectivity index (χ1v) is 11.1. The summed E-state index contributed by atoms with van der Waals surface area (Å²) in [5, 5.41) is 2.81. The van der Waals surface area contributed by atoms with E-state index in [0.717, 1.165) is 24.9 Å². The molecule has 6 nitrogen and oxygen atoms in total. The van der Waals surface area contributed by atoms with Gasteiger partial charge in [0.15, 0.2) is 9.84 Å². The fourth-order valence-corrected chi connectivity index (χ4v) is 4.85. The van der Waals surface area contributed by atoms with Crippen molar-refractivity contribution in [1.82, 2.24) is 5.32 Å². The summed E-state index contributed by atoms with van der Waals surface area (Å²) in [6, 6.07) is 4.72. The molecule has 146 valence electrons. The van der Waals surface area contributed by atoms with Gasteiger partial charge in [-0.05, 0) is 55.9 Å². The molecule has 0 spiro atoms. The van der Waals surface area contributed by atoms with Gasteiger partial charge in [0.25, 0.3) is 0 Å². The van der Waals surface area contributed by atoms with Crippen LogP contribution in [0.1, 0.15) is 44.1 Å². The molecule has 2 aliphatic rings. The molecule has 1 N–H and O–H groups in total. The third-order valence-electron chi connectivity index (χ3n) is 5.24. The van der Waals surface area contributed by atoms with Gasteiger partial charge in [-0.15, -0.1) is 0 Å². The van der Waals surface area contributed by atoms with Crippen molar-refractivity contribution < 1.29 is 18.0 Å². The Labute approximate surface area is 160 Å². The summed E-state index contributed by atoms with van der Waals surface area (Å²) in [7, 11) is -1.88. The molecule has 7 heteroatoms. The number of sulfone groups is 1. The van der Waals surface area contributed by atoms with Crippen LogP contribution in [0.15, 0.2) is 34.7 Å². The zero-order valence-corrected chi connectivity index (χ0v) is 16.5. The lowest BCUT2D eigenvalue weighted by Crippen LogP contribution is -2.27. The molecule has 0 saturated heterocycles. The zero-order chi connectivity index (χ0) is 19.4. The van der Waals surface area contributed by atoms with E-state index in [-0.39, 0.29) is 35.3 Å². The van der Waals surface area contributed by atoms with Crippen LogP contribution in [0.25, 0.3) is 0 Å². The van der Waals surface area contributed by atoms with Gasteiger partial charge in [-0.25, -0.2) is 8.42 Å². The largest absolute Gasteiger partial charge is 0.356 e. The second-order valence-electron chi connectivity index (χ2n) is 7.20. The third-order valence-corrected chi connectivity index (χ3v) is 6.95. The van der Waals surface area contributed by atoms with E-state index in [4.69, 9.17) is 0 Å². The van der Waals surface area contributed by atoms with Crippen LogP contribution < -0.4 is 10.2 Å². The van der Waals surface area contributed by atoms with Crippen LogP contribution >= 0.6 is 0 Å². The fraction of sp³-hybridized carbons (Fsp3) is 0.500. The third kappa shape index (κ3) is 4.77. The Kier molecular flexibility index (Phi) is 5.99. The highest BCUT2D eigenvalue weighted by molar-refractivity contribution is 7.91. The Morgan fingerprint density at radius 3 is 2.81 bits per heavy atom. The van der Waals surface area contributed by atoms with E-state index in [1.807, 2.05) is 0 Å². The van der Waals surface area contributed by atoms with Gasteiger partial charge < -0.3 is 10.2 Å². The molecule has 0 atom stereocenters. The van der Waals surface area contributed by atoms with Crippen LogP contribution in [0.2, 0.25) is 0 Å². The molecule has 1 aromatic rings. The lowest BCUT2D eigenvalue weighted by atomic mass is 9.97. The van der Waals surface area contributed by atoms with Gasteiger partial charge in [-0.1, -0.05) is 11.6 Å². The SMILES string of the molecule is CN1C(=O)Cc2cc(S(=O)(=O)CCC(=O)NCCC3=CCCCC3)ccc21. The van der Waals surface area contributed by atoms with Crippen molar-refractivity contribution in [2.24, 2.45) is 0 Å². The average molecular weight is 391 g/mol. The smallest absolute Gasteiger partial charge is 0.231 e. The number of likely N-dealkylation sites (N-methyl/N-ethyl adjacent to an activating group) is 1. The van der Waals surface area contributed by atoms with Crippen molar-refractivity contribution in [1.29, 1.82) is 0 Å². The topological polar surface area (TPSA) is 83.6 Å². The highest BCUT2D eigenvalue weighted by Gasteiger charge is 2.26. The summed E-state index contributed by atoms with van der Waals surface area (Å²) in [4.78, 5) is 25.4. The van der Waals surface area contributed by atoms with Crippen molar-refractivity contribution in [2.75, 3.05) is 24.2 Å². The molecule has 1 aliphatic carbocycles. The molecule has 2 amide bonds. The van der Waals surface area contributed by atoms with Crippen LogP contribution in [0.5, 0.6) is 0 Å². The van der Waals surface area contributed by atoms with E-state index in [0.29, 0.717) is 12.1 Å². The molecule has 0 unspecified atom stereocenters. The minimum atomic E-state index is -3.56. The maximum absolute atomic E-state index is 12.5. The molecule has 0 bridgehead atoms. The number of nitrogens with zero attached hydrogens (tertiary/aromatic N) is 1. The number of allylic oxidation sites excluding steroid dienone is 1. The summed E-state index contributed by atoms with van der Waals surface area (Å²) in [6.45, 7) is 0.554. The maximum Gasteiger partial charge on any atom is 0.231 e. The highest BCUT2D eigenvalue weighted by Crippen LogP contribution is 2.30. The van der Waals surface area contributed by atoms with Crippen molar-refractivity contribution in [3.05, 3.63) is 35.4 Å². The van der Waals surface area contributed by atoms with Gasteiger partial charge in [0.05, 0.1) is 17.1 Å². The van der Waals surface area contributed by atoms with Crippen molar-refractivity contribution >= 4 is 27.3 Å². The predicted octanol–water partition coefficient (Wildman–Crippen LogP) is 2.38.